The van der Waals surface area contributed by atoms with E-state index in [4.69, 9.17) is 4.74 Å². The van der Waals surface area contributed by atoms with Crippen molar-refractivity contribution < 1.29 is 9.53 Å². The molecule has 0 saturated carbocycles. The molecular formula is C15H21NO2. The van der Waals surface area contributed by atoms with E-state index in [2.05, 4.69) is 11.9 Å². The fraction of sp³-hybridized carbons (Fsp3) is 0.533. The fourth-order valence-electron chi connectivity index (χ4n) is 2.79. The van der Waals surface area contributed by atoms with Crippen LogP contribution in [0.2, 0.25) is 0 Å². The minimum absolute atomic E-state index is 0.0126. The Bertz CT molecular complexity index is 388. The highest BCUT2D eigenvalue weighted by molar-refractivity contribution is 5.63. The Morgan fingerprint density at radius 1 is 1.39 bits per heavy atom. The molecule has 1 fully saturated rings. The van der Waals surface area contributed by atoms with Crippen molar-refractivity contribution in [3.05, 3.63) is 29.8 Å². The van der Waals surface area contributed by atoms with Gasteiger partial charge in [-0.15, -0.1) is 0 Å². The summed E-state index contributed by atoms with van der Waals surface area (Å²) in [4.78, 5) is 13.7. The molecule has 98 valence electrons. The quantitative estimate of drug-likeness (QED) is 0.765. The monoisotopic (exact) mass is 247 g/mol. The molecule has 1 saturated heterocycles. The number of piperidine rings is 1. The second kappa shape index (κ2) is 6.01. The standard InChI is InChI=1S/C15H21NO2/c1-16-9-3-4-13(10-16)15(11-17)12-5-7-14(18-2)8-6-12/h5-8,11,13,15H,3-4,9-10H2,1-2H3. The topological polar surface area (TPSA) is 29.5 Å². The number of benzene rings is 1. The van der Waals surface area contributed by atoms with E-state index < -0.39 is 0 Å². The van der Waals surface area contributed by atoms with Crippen LogP contribution in [0, 0.1) is 5.92 Å². The van der Waals surface area contributed by atoms with Gasteiger partial charge in [0, 0.05) is 12.5 Å². The molecule has 1 aliphatic rings. The predicted molar refractivity (Wildman–Crippen MR) is 72.0 cm³/mol. The lowest BCUT2D eigenvalue weighted by atomic mass is 9.82. The van der Waals surface area contributed by atoms with Gasteiger partial charge < -0.3 is 14.4 Å². The van der Waals surface area contributed by atoms with Gasteiger partial charge in [-0.2, -0.15) is 0 Å². The number of aldehydes is 1. The summed E-state index contributed by atoms with van der Waals surface area (Å²) < 4.78 is 5.15. The lowest BCUT2D eigenvalue weighted by Gasteiger charge is -2.33. The second-order valence-electron chi connectivity index (χ2n) is 5.10. The molecule has 0 aromatic heterocycles. The number of carbonyl (C=O) groups excluding carboxylic acids is 1. The first-order chi connectivity index (χ1) is 8.74. The van der Waals surface area contributed by atoms with Gasteiger partial charge in [-0.25, -0.2) is 0 Å². The highest BCUT2D eigenvalue weighted by atomic mass is 16.5. The molecule has 1 aromatic rings. The van der Waals surface area contributed by atoms with Gasteiger partial charge in [-0.3, -0.25) is 0 Å². The number of carbonyl (C=O) groups is 1. The summed E-state index contributed by atoms with van der Waals surface area (Å²) in [5.41, 5.74) is 1.10. The lowest BCUT2D eigenvalue weighted by Crippen LogP contribution is -2.35. The molecule has 0 radical (unpaired) electrons. The van der Waals surface area contributed by atoms with E-state index in [1.54, 1.807) is 7.11 Å². The summed E-state index contributed by atoms with van der Waals surface area (Å²) in [5.74, 6) is 1.29. The Morgan fingerprint density at radius 2 is 2.11 bits per heavy atom. The van der Waals surface area contributed by atoms with Gasteiger partial charge in [0.1, 0.15) is 12.0 Å². The molecule has 0 aliphatic carbocycles. The molecular weight excluding hydrogens is 226 g/mol. The van der Waals surface area contributed by atoms with Gasteiger partial charge in [0.15, 0.2) is 0 Å². The zero-order valence-corrected chi connectivity index (χ0v) is 11.1. The maximum absolute atomic E-state index is 11.4. The first kappa shape index (κ1) is 13.1. The molecule has 3 heteroatoms. The van der Waals surface area contributed by atoms with E-state index in [1.807, 2.05) is 24.3 Å². The van der Waals surface area contributed by atoms with Crippen LogP contribution in [0.15, 0.2) is 24.3 Å². The molecule has 18 heavy (non-hydrogen) atoms. The van der Waals surface area contributed by atoms with E-state index >= 15 is 0 Å². The van der Waals surface area contributed by atoms with Gasteiger partial charge >= 0.3 is 0 Å². The molecule has 0 spiro atoms. The summed E-state index contributed by atoms with van der Waals surface area (Å²) in [5, 5.41) is 0. The van der Waals surface area contributed by atoms with Crippen molar-refractivity contribution in [3.63, 3.8) is 0 Å². The van der Waals surface area contributed by atoms with Crippen LogP contribution in [0.5, 0.6) is 5.75 Å². The van der Waals surface area contributed by atoms with Crippen LogP contribution in [-0.4, -0.2) is 38.4 Å². The summed E-state index contributed by atoms with van der Waals surface area (Å²) in [6, 6.07) is 7.87. The number of nitrogens with zero attached hydrogens (tertiary/aromatic N) is 1. The molecule has 0 N–H and O–H groups in total. The van der Waals surface area contributed by atoms with Crippen LogP contribution in [0.25, 0.3) is 0 Å². The molecule has 1 aliphatic heterocycles. The van der Waals surface area contributed by atoms with Crippen molar-refractivity contribution in [2.75, 3.05) is 27.2 Å². The van der Waals surface area contributed by atoms with Crippen molar-refractivity contribution in [1.29, 1.82) is 0 Å². The van der Waals surface area contributed by atoms with Gasteiger partial charge in [0.05, 0.1) is 7.11 Å². The van der Waals surface area contributed by atoms with E-state index in [1.165, 1.54) is 6.42 Å². The largest absolute Gasteiger partial charge is 0.497 e. The van der Waals surface area contributed by atoms with Crippen molar-refractivity contribution in [2.45, 2.75) is 18.8 Å². The van der Waals surface area contributed by atoms with Gasteiger partial charge in [0.2, 0.25) is 0 Å². The second-order valence-corrected chi connectivity index (χ2v) is 5.10. The molecule has 2 atom stereocenters. The van der Waals surface area contributed by atoms with Gasteiger partial charge in [-0.05, 0) is 50.0 Å². The zero-order valence-electron chi connectivity index (χ0n) is 11.1. The predicted octanol–water partition coefficient (Wildman–Crippen LogP) is 2.32. The summed E-state index contributed by atoms with van der Waals surface area (Å²) in [6.45, 7) is 2.15. The fourth-order valence-corrected chi connectivity index (χ4v) is 2.79. The first-order valence-corrected chi connectivity index (χ1v) is 6.52. The van der Waals surface area contributed by atoms with Gasteiger partial charge in [-0.1, -0.05) is 12.1 Å². The molecule has 1 aromatic carbocycles. The molecule has 2 unspecified atom stereocenters. The molecule has 1 heterocycles. The van der Waals surface area contributed by atoms with Crippen molar-refractivity contribution in [2.24, 2.45) is 5.92 Å². The Hall–Kier alpha value is -1.35. The Labute approximate surface area is 109 Å². The van der Waals surface area contributed by atoms with E-state index in [0.29, 0.717) is 5.92 Å². The normalized spacial score (nSPS) is 22.4. The van der Waals surface area contributed by atoms with Crippen molar-refractivity contribution in [1.82, 2.24) is 4.90 Å². The van der Waals surface area contributed by atoms with E-state index in [0.717, 1.165) is 37.1 Å². The Morgan fingerprint density at radius 3 is 2.67 bits per heavy atom. The van der Waals surface area contributed by atoms with Crippen LogP contribution in [0.1, 0.15) is 24.3 Å². The maximum atomic E-state index is 11.4. The number of methoxy groups -OCH3 is 1. The highest BCUT2D eigenvalue weighted by Crippen LogP contribution is 2.30. The number of hydrogen-bond donors (Lipinski definition) is 0. The lowest BCUT2D eigenvalue weighted by molar-refractivity contribution is -0.110. The van der Waals surface area contributed by atoms with Crippen LogP contribution in [0.3, 0.4) is 0 Å². The SMILES string of the molecule is COc1ccc(C(C=O)C2CCCN(C)C2)cc1. The summed E-state index contributed by atoms with van der Waals surface area (Å²) in [7, 11) is 3.78. The third kappa shape index (κ3) is 2.91. The average Bonchev–Trinajstić information content (AvgIpc) is 2.40. The zero-order chi connectivity index (χ0) is 13.0. The van der Waals surface area contributed by atoms with Gasteiger partial charge in [0.25, 0.3) is 0 Å². The number of hydrogen-bond acceptors (Lipinski definition) is 3. The minimum atomic E-state index is 0.0126. The molecule has 0 amide bonds. The molecule has 0 bridgehead atoms. The third-order valence-corrected chi connectivity index (χ3v) is 3.82. The smallest absolute Gasteiger partial charge is 0.127 e. The highest BCUT2D eigenvalue weighted by Gasteiger charge is 2.26. The summed E-state index contributed by atoms with van der Waals surface area (Å²) in [6.07, 6.45) is 3.42. The number of likely N-dealkylation sites (tertiary alicyclic amines) is 1. The molecule has 2 rings (SSSR count). The maximum Gasteiger partial charge on any atom is 0.127 e. The first-order valence-electron chi connectivity index (χ1n) is 6.52. The summed E-state index contributed by atoms with van der Waals surface area (Å²) >= 11 is 0. The van der Waals surface area contributed by atoms with Crippen LogP contribution in [-0.2, 0) is 4.79 Å². The van der Waals surface area contributed by atoms with Crippen LogP contribution in [0.4, 0.5) is 0 Å². The Balaban J connectivity index is 2.13. The van der Waals surface area contributed by atoms with Crippen LogP contribution >= 0.6 is 0 Å². The van der Waals surface area contributed by atoms with Crippen LogP contribution < -0.4 is 4.74 Å². The minimum Gasteiger partial charge on any atom is -0.497 e. The van der Waals surface area contributed by atoms with Crippen molar-refractivity contribution in [3.8, 4) is 5.75 Å². The number of rotatable bonds is 4. The number of ether oxygens (including phenoxy) is 1. The Kier molecular flexibility index (Phi) is 4.37. The van der Waals surface area contributed by atoms with E-state index in [9.17, 15) is 4.79 Å². The average molecular weight is 247 g/mol. The third-order valence-electron chi connectivity index (χ3n) is 3.82. The molecule has 3 nitrogen and oxygen atoms in total. The van der Waals surface area contributed by atoms with Crippen molar-refractivity contribution >= 4 is 6.29 Å². The van der Waals surface area contributed by atoms with E-state index in [-0.39, 0.29) is 5.92 Å².